The molecule has 0 aromatic heterocycles. The lowest BCUT2D eigenvalue weighted by Crippen LogP contribution is -2.41. The average molecular weight is 515 g/mol. The van der Waals surface area contributed by atoms with Crippen molar-refractivity contribution in [1.29, 1.82) is 0 Å². The molecule has 0 aliphatic carbocycles. The average Bonchev–Trinajstić information content (AvgIpc) is 2.74. The van der Waals surface area contributed by atoms with Gasteiger partial charge in [-0.2, -0.15) is 0 Å². The van der Waals surface area contributed by atoms with E-state index >= 15 is 0 Å². The fourth-order valence-corrected chi connectivity index (χ4v) is 4.86. The normalized spacial score (nSPS) is 13.1. The van der Waals surface area contributed by atoms with Gasteiger partial charge in [-0.15, -0.1) is 0 Å². The molecule has 0 spiro atoms. The van der Waals surface area contributed by atoms with Crippen LogP contribution in [0.15, 0.2) is 42.5 Å². The van der Waals surface area contributed by atoms with Gasteiger partial charge in [0.25, 0.3) is 0 Å². The molecule has 4 nitrogen and oxygen atoms in total. The second kappa shape index (κ2) is 11.1. The fourth-order valence-electron chi connectivity index (χ4n) is 2.96. The molecule has 0 fully saturated rings. The third kappa shape index (κ3) is 8.14. The van der Waals surface area contributed by atoms with E-state index in [-0.39, 0.29) is 15.9 Å². The lowest BCUT2D eigenvalue weighted by atomic mass is 10.1. The van der Waals surface area contributed by atoms with Gasteiger partial charge in [0.15, 0.2) is 22.4 Å². The Hall–Kier alpha value is -1.74. The van der Waals surface area contributed by atoms with Crippen molar-refractivity contribution in [2.24, 2.45) is 0 Å². The van der Waals surface area contributed by atoms with Crippen molar-refractivity contribution in [2.75, 3.05) is 0 Å². The van der Waals surface area contributed by atoms with Crippen LogP contribution in [-0.4, -0.2) is 22.4 Å². The van der Waals surface area contributed by atoms with Crippen LogP contribution in [0.4, 0.5) is 0 Å². The standard InChI is InChI=1S/C29H46O4Si2/c1-22(30)24-14-12-13-23(17-24)19-31-27-16-15-25(20-32-34(8,9)28(2,3)4)26(18-27)21-33-35(10,11)29(5,6)7/h12-18H,19-21H2,1-11H3. The second-order valence-corrected chi connectivity index (χ2v) is 22.2. The highest BCUT2D eigenvalue weighted by Crippen LogP contribution is 2.39. The smallest absolute Gasteiger partial charge is 0.192 e. The topological polar surface area (TPSA) is 44.8 Å². The van der Waals surface area contributed by atoms with Gasteiger partial charge in [-0.1, -0.05) is 65.8 Å². The summed E-state index contributed by atoms with van der Waals surface area (Å²) in [6.07, 6.45) is 0. The summed E-state index contributed by atoms with van der Waals surface area (Å²) < 4.78 is 19.3. The zero-order valence-corrected chi connectivity index (χ0v) is 25.8. The summed E-state index contributed by atoms with van der Waals surface area (Å²) in [4.78, 5) is 11.7. The number of ether oxygens (including phenoxy) is 1. The molecule has 0 bridgehead atoms. The maximum atomic E-state index is 11.7. The SMILES string of the molecule is CC(=O)c1cccc(COc2ccc(CO[Si](C)(C)C(C)(C)C)c(CO[Si](C)(C)C(C)(C)C)c2)c1. The molecular formula is C29H46O4Si2. The van der Waals surface area contributed by atoms with E-state index < -0.39 is 16.6 Å². The van der Waals surface area contributed by atoms with Crippen molar-refractivity contribution in [3.8, 4) is 5.75 Å². The summed E-state index contributed by atoms with van der Waals surface area (Å²) in [5.41, 5.74) is 3.94. The number of rotatable bonds is 10. The summed E-state index contributed by atoms with van der Waals surface area (Å²) in [5, 5.41) is 0.295. The Bertz CT molecular complexity index is 1010. The number of benzene rings is 2. The zero-order valence-electron chi connectivity index (χ0n) is 23.8. The minimum absolute atomic E-state index is 0.0583. The summed E-state index contributed by atoms with van der Waals surface area (Å²) >= 11 is 0. The van der Waals surface area contributed by atoms with Gasteiger partial charge in [0.05, 0.1) is 13.2 Å². The van der Waals surface area contributed by atoms with Crippen molar-refractivity contribution < 1.29 is 18.4 Å². The predicted molar refractivity (Wildman–Crippen MR) is 151 cm³/mol. The first-order chi connectivity index (χ1) is 15.9. The third-order valence-electron chi connectivity index (χ3n) is 7.71. The lowest BCUT2D eigenvalue weighted by molar-refractivity contribution is 0.101. The highest BCUT2D eigenvalue weighted by Gasteiger charge is 2.38. The van der Waals surface area contributed by atoms with Crippen LogP contribution in [0.3, 0.4) is 0 Å². The van der Waals surface area contributed by atoms with Gasteiger partial charge in [0, 0.05) is 5.56 Å². The van der Waals surface area contributed by atoms with Crippen LogP contribution in [0.1, 0.15) is 75.5 Å². The van der Waals surface area contributed by atoms with E-state index in [4.69, 9.17) is 13.6 Å². The Labute approximate surface area is 215 Å². The molecule has 0 aliphatic heterocycles. The van der Waals surface area contributed by atoms with E-state index in [1.54, 1.807) is 6.92 Å². The molecule has 2 aromatic rings. The molecule has 35 heavy (non-hydrogen) atoms. The van der Waals surface area contributed by atoms with Crippen molar-refractivity contribution in [2.45, 2.75) is 105 Å². The number of carbonyl (C=O) groups is 1. The number of hydrogen-bond acceptors (Lipinski definition) is 4. The van der Waals surface area contributed by atoms with E-state index in [1.165, 1.54) is 0 Å². The predicted octanol–water partition coefficient (Wildman–Crippen LogP) is 8.51. The van der Waals surface area contributed by atoms with Gasteiger partial charge in [-0.3, -0.25) is 4.79 Å². The Kier molecular flexibility index (Phi) is 9.37. The van der Waals surface area contributed by atoms with E-state index in [2.05, 4.69) is 79.9 Å². The van der Waals surface area contributed by atoms with E-state index in [1.807, 2.05) is 30.3 Å². The zero-order chi connectivity index (χ0) is 26.7. The molecule has 0 unspecified atom stereocenters. The molecule has 0 heterocycles. The van der Waals surface area contributed by atoms with Crippen molar-refractivity contribution in [3.05, 3.63) is 64.7 Å². The van der Waals surface area contributed by atoms with Crippen LogP contribution in [0.5, 0.6) is 5.75 Å². The minimum Gasteiger partial charge on any atom is -0.489 e. The summed E-state index contributed by atoms with van der Waals surface area (Å²) in [5.74, 6) is 0.853. The van der Waals surface area contributed by atoms with Gasteiger partial charge in [0.1, 0.15) is 12.4 Å². The molecule has 6 heteroatoms. The quantitative estimate of drug-likeness (QED) is 0.235. The molecular weight excluding hydrogens is 468 g/mol. The molecule has 194 valence electrons. The first-order valence-electron chi connectivity index (χ1n) is 12.6. The maximum Gasteiger partial charge on any atom is 0.192 e. The van der Waals surface area contributed by atoms with Crippen LogP contribution >= 0.6 is 0 Å². The lowest BCUT2D eigenvalue weighted by Gasteiger charge is -2.37. The van der Waals surface area contributed by atoms with Crippen LogP contribution in [0.2, 0.25) is 36.3 Å². The first-order valence-corrected chi connectivity index (χ1v) is 18.4. The van der Waals surface area contributed by atoms with Gasteiger partial charge in [-0.25, -0.2) is 0 Å². The molecule has 0 N–H and O–H groups in total. The minimum atomic E-state index is -1.91. The monoisotopic (exact) mass is 514 g/mol. The third-order valence-corrected chi connectivity index (χ3v) is 16.7. The number of ketones is 1. The Morgan fingerprint density at radius 2 is 1.29 bits per heavy atom. The Morgan fingerprint density at radius 1 is 0.743 bits per heavy atom. The van der Waals surface area contributed by atoms with Crippen molar-refractivity contribution >= 4 is 22.4 Å². The Balaban J connectivity index is 2.26. The number of hydrogen-bond donors (Lipinski definition) is 0. The van der Waals surface area contributed by atoms with Gasteiger partial charge < -0.3 is 13.6 Å². The summed E-state index contributed by atoms with van der Waals surface area (Å²) in [6, 6.07) is 13.8. The van der Waals surface area contributed by atoms with Crippen LogP contribution in [-0.2, 0) is 28.7 Å². The summed E-state index contributed by atoms with van der Waals surface area (Å²) in [7, 11) is -3.79. The van der Waals surface area contributed by atoms with Crippen LogP contribution in [0, 0.1) is 0 Å². The van der Waals surface area contributed by atoms with E-state index in [0.717, 1.165) is 22.4 Å². The molecule has 2 rings (SSSR count). The van der Waals surface area contributed by atoms with Gasteiger partial charge in [0.2, 0.25) is 0 Å². The number of carbonyl (C=O) groups excluding carboxylic acids is 1. The molecule has 0 saturated carbocycles. The molecule has 0 radical (unpaired) electrons. The van der Waals surface area contributed by atoms with Gasteiger partial charge >= 0.3 is 0 Å². The molecule has 2 aromatic carbocycles. The van der Waals surface area contributed by atoms with Crippen LogP contribution < -0.4 is 4.74 Å². The largest absolute Gasteiger partial charge is 0.489 e. The van der Waals surface area contributed by atoms with Crippen LogP contribution in [0.25, 0.3) is 0 Å². The van der Waals surface area contributed by atoms with Crippen molar-refractivity contribution in [1.82, 2.24) is 0 Å². The fraction of sp³-hybridized carbons (Fsp3) is 0.552. The van der Waals surface area contributed by atoms with E-state index in [9.17, 15) is 4.79 Å². The summed E-state index contributed by atoms with van der Waals surface area (Å²) in [6.45, 7) is 25.8. The maximum absolute atomic E-state index is 11.7. The molecule has 0 saturated heterocycles. The highest BCUT2D eigenvalue weighted by atomic mass is 28.4. The first kappa shape index (κ1) is 29.5. The number of Topliss-reactive ketones (excluding diaryl/α,β-unsaturated/α-hetero) is 1. The molecule has 0 aliphatic rings. The molecule has 0 atom stereocenters. The Morgan fingerprint density at radius 3 is 1.80 bits per heavy atom. The van der Waals surface area contributed by atoms with E-state index in [0.29, 0.717) is 25.4 Å². The van der Waals surface area contributed by atoms with Gasteiger partial charge in [-0.05, 0) is 78.1 Å². The molecule has 0 amide bonds. The van der Waals surface area contributed by atoms with Crippen molar-refractivity contribution in [3.63, 3.8) is 0 Å². The highest BCUT2D eigenvalue weighted by molar-refractivity contribution is 6.74. The second-order valence-electron chi connectivity index (χ2n) is 12.6.